The van der Waals surface area contributed by atoms with Crippen LogP contribution in [0.4, 0.5) is 0 Å². The monoisotopic (exact) mass is 295 g/mol. The fraction of sp³-hybridized carbons (Fsp3) is 0.500. The van der Waals surface area contributed by atoms with Crippen molar-refractivity contribution in [3.63, 3.8) is 0 Å². The summed E-state index contributed by atoms with van der Waals surface area (Å²) in [7, 11) is -1.80. The summed E-state index contributed by atoms with van der Waals surface area (Å²) in [4.78, 5) is 15.0. The molecule has 0 amide bonds. The van der Waals surface area contributed by atoms with Crippen LogP contribution >= 0.6 is 0 Å². The van der Waals surface area contributed by atoms with Crippen LogP contribution in [0.2, 0.25) is 0 Å². The number of carbonyl (C=O) groups excluding carboxylic acids is 1. The fourth-order valence-electron chi connectivity index (χ4n) is 2.77. The molecule has 6 heteroatoms. The summed E-state index contributed by atoms with van der Waals surface area (Å²) in [6, 6.07) is 4.69. The molecule has 1 fully saturated rings. The van der Waals surface area contributed by atoms with Crippen LogP contribution < -0.4 is 4.74 Å². The smallest absolute Gasteiger partial charge is 0.235 e. The zero-order valence-corrected chi connectivity index (χ0v) is 12.4. The van der Waals surface area contributed by atoms with Gasteiger partial charge in [-0.3, -0.25) is 0 Å². The van der Waals surface area contributed by atoms with Gasteiger partial charge in [-0.05, 0) is 31.0 Å². The third-order valence-electron chi connectivity index (χ3n) is 3.79. The molecular weight excluding hydrogens is 278 g/mol. The summed E-state index contributed by atoms with van der Waals surface area (Å²) in [6.45, 7) is 0. The van der Waals surface area contributed by atoms with E-state index < -0.39 is 15.4 Å². The molecule has 0 atom stereocenters. The second-order valence-corrected chi connectivity index (χ2v) is 7.09. The second-order valence-electron chi connectivity index (χ2n) is 5.08. The van der Waals surface area contributed by atoms with E-state index in [2.05, 4.69) is 4.99 Å². The predicted octanol–water partition coefficient (Wildman–Crippen LogP) is 2.20. The van der Waals surface area contributed by atoms with Crippen molar-refractivity contribution in [1.29, 1.82) is 0 Å². The van der Waals surface area contributed by atoms with Crippen molar-refractivity contribution in [3.05, 3.63) is 23.8 Å². The highest BCUT2D eigenvalue weighted by Gasteiger charge is 2.38. The molecule has 0 saturated heterocycles. The Morgan fingerprint density at radius 3 is 2.45 bits per heavy atom. The summed E-state index contributed by atoms with van der Waals surface area (Å²) in [5.41, 5.74) is -0.0443. The van der Waals surface area contributed by atoms with E-state index in [1.165, 1.54) is 13.2 Å². The Morgan fingerprint density at radius 1 is 1.30 bits per heavy atom. The van der Waals surface area contributed by atoms with Gasteiger partial charge in [0.1, 0.15) is 11.3 Å². The molecule has 5 nitrogen and oxygen atoms in total. The summed E-state index contributed by atoms with van der Waals surface area (Å²) < 4.78 is 28.7. The molecule has 1 aromatic rings. The molecule has 1 aromatic carbocycles. The van der Waals surface area contributed by atoms with Crippen molar-refractivity contribution in [3.8, 4) is 5.75 Å². The van der Waals surface area contributed by atoms with E-state index in [0.29, 0.717) is 24.2 Å². The summed E-state index contributed by atoms with van der Waals surface area (Å²) in [5.74, 6) is 0.554. The number of benzene rings is 1. The molecule has 0 aromatic heterocycles. The Morgan fingerprint density at radius 2 is 1.95 bits per heavy atom. The first-order chi connectivity index (χ1) is 9.43. The number of hydrogen-bond donors (Lipinski definition) is 0. The largest absolute Gasteiger partial charge is 0.496 e. The van der Waals surface area contributed by atoms with Gasteiger partial charge in [0.25, 0.3) is 0 Å². The topological polar surface area (TPSA) is 72.8 Å². The third-order valence-corrected chi connectivity index (χ3v) is 4.90. The number of sulfone groups is 1. The Hall–Kier alpha value is -1.65. The van der Waals surface area contributed by atoms with Crippen molar-refractivity contribution >= 4 is 15.9 Å². The van der Waals surface area contributed by atoms with Gasteiger partial charge >= 0.3 is 0 Å². The Labute approximate surface area is 118 Å². The molecule has 1 saturated carbocycles. The van der Waals surface area contributed by atoms with Crippen molar-refractivity contribution in [2.75, 3.05) is 13.4 Å². The molecule has 0 unspecified atom stereocenters. The minimum atomic E-state index is -3.32. The molecule has 0 N–H and O–H groups in total. The third kappa shape index (κ3) is 2.62. The lowest BCUT2D eigenvalue weighted by Crippen LogP contribution is -2.20. The number of hydrogen-bond acceptors (Lipinski definition) is 5. The summed E-state index contributed by atoms with van der Waals surface area (Å²) >= 11 is 0. The van der Waals surface area contributed by atoms with Crippen LogP contribution in [0.3, 0.4) is 0 Å². The maximum Gasteiger partial charge on any atom is 0.235 e. The second kappa shape index (κ2) is 5.38. The fourth-order valence-corrected chi connectivity index (χ4v) is 3.42. The summed E-state index contributed by atoms with van der Waals surface area (Å²) in [5, 5.41) is 0. The predicted molar refractivity (Wildman–Crippen MR) is 74.4 cm³/mol. The first kappa shape index (κ1) is 14.8. The lowest BCUT2D eigenvalue weighted by Gasteiger charge is -2.25. The Kier molecular flexibility index (Phi) is 3.97. The highest BCUT2D eigenvalue weighted by Crippen LogP contribution is 2.46. The molecule has 0 heterocycles. The maximum absolute atomic E-state index is 11.7. The molecule has 1 aliphatic rings. The SMILES string of the molecule is COc1ccc(S(C)(=O)=O)cc1C1(N=C=O)CCCC1. The standard InChI is InChI=1S/C14H17NO4S/c1-19-13-6-5-11(20(2,17)18)9-12(13)14(15-10-16)7-3-4-8-14/h5-6,9H,3-4,7-8H2,1-2H3. The van der Waals surface area contributed by atoms with Crippen LogP contribution in [0.1, 0.15) is 31.2 Å². The van der Waals surface area contributed by atoms with E-state index in [9.17, 15) is 13.2 Å². The lowest BCUT2D eigenvalue weighted by molar-refractivity contribution is 0.378. The maximum atomic E-state index is 11.7. The van der Waals surface area contributed by atoms with Crippen LogP contribution in [0.15, 0.2) is 28.1 Å². The van der Waals surface area contributed by atoms with Crippen molar-refractivity contribution in [2.45, 2.75) is 36.1 Å². The van der Waals surface area contributed by atoms with Gasteiger partial charge in [-0.15, -0.1) is 0 Å². The molecule has 0 bridgehead atoms. The van der Waals surface area contributed by atoms with Crippen LogP contribution in [0.25, 0.3) is 0 Å². The lowest BCUT2D eigenvalue weighted by atomic mass is 9.88. The van der Waals surface area contributed by atoms with Gasteiger partial charge in [0.2, 0.25) is 6.08 Å². The minimum absolute atomic E-state index is 0.209. The van der Waals surface area contributed by atoms with E-state index in [1.807, 2.05) is 0 Å². The van der Waals surface area contributed by atoms with Crippen molar-refractivity contribution in [1.82, 2.24) is 0 Å². The average molecular weight is 295 g/mol. The van der Waals surface area contributed by atoms with Gasteiger partial charge in [0, 0.05) is 11.8 Å². The minimum Gasteiger partial charge on any atom is -0.496 e. The molecule has 2 rings (SSSR count). The highest BCUT2D eigenvalue weighted by atomic mass is 32.2. The Bertz CT molecular complexity index is 654. The van der Waals surface area contributed by atoms with Crippen molar-refractivity contribution in [2.24, 2.45) is 4.99 Å². The number of nitrogens with zero attached hydrogens (tertiary/aromatic N) is 1. The number of ether oxygens (including phenoxy) is 1. The molecule has 108 valence electrons. The molecule has 0 aliphatic heterocycles. The quantitative estimate of drug-likeness (QED) is 0.630. The Balaban J connectivity index is 2.66. The molecular formula is C14H17NO4S. The van der Waals surface area contributed by atoms with Gasteiger partial charge in [0.05, 0.1) is 12.0 Å². The molecule has 1 aliphatic carbocycles. The van der Waals surface area contributed by atoms with E-state index in [0.717, 1.165) is 19.1 Å². The van der Waals surface area contributed by atoms with Gasteiger partial charge in [-0.2, -0.15) is 4.99 Å². The average Bonchev–Trinajstić information content (AvgIpc) is 2.87. The van der Waals surface area contributed by atoms with Gasteiger partial charge in [-0.1, -0.05) is 12.8 Å². The molecule has 20 heavy (non-hydrogen) atoms. The van der Waals surface area contributed by atoms with Gasteiger partial charge in [0.15, 0.2) is 9.84 Å². The van der Waals surface area contributed by atoms with E-state index in [-0.39, 0.29) is 4.90 Å². The van der Waals surface area contributed by atoms with E-state index in [4.69, 9.17) is 4.74 Å². The van der Waals surface area contributed by atoms with E-state index >= 15 is 0 Å². The van der Waals surface area contributed by atoms with Crippen LogP contribution in [0, 0.1) is 0 Å². The number of rotatable bonds is 4. The molecule has 0 spiro atoms. The first-order valence-corrected chi connectivity index (χ1v) is 8.30. The number of isocyanates is 1. The van der Waals surface area contributed by atoms with Crippen molar-refractivity contribution < 1.29 is 17.9 Å². The van der Waals surface area contributed by atoms with Crippen LogP contribution in [-0.4, -0.2) is 27.9 Å². The normalized spacial score (nSPS) is 17.5. The van der Waals surface area contributed by atoms with Gasteiger partial charge < -0.3 is 4.74 Å². The summed E-state index contributed by atoms with van der Waals surface area (Å²) in [6.07, 6.45) is 6.07. The van der Waals surface area contributed by atoms with Gasteiger partial charge in [-0.25, -0.2) is 13.2 Å². The van der Waals surface area contributed by atoms with E-state index in [1.54, 1.807) is 18.2 Å². The zero-order valence-electron chi connectivity index (χ0n) is 11.5. The van der Waals surface area contributed by atoms with Crippen LogP contribution in [-0.2, 0) is 20.2 Å². The highest BCUT2D eigenvalue weighted by molar-refractivity contribution is 7.90. The number of methoxy groups -OCH3 is 1. The molecule has 0 radical (unpaired) electrons. The zero-order chi connectivity index (χ0) is 14.8. The number of aliphatic imine (C=N–C) groups is 1. The first-order valence-electron chi connectivity index (χ1n) is 6.40. The van der Waals surface area contributed by atoms with Crippen LogP contribution in [0.5, 0.6) is 5.75 Å².